The molecule has 2 N–H and O–H groups in total. The fourth-order valence-corrected chi connectivity index (χ4v) is 2.97. The van der Waals surface area contributed by atoms with Gasteiger partial charge in [-0.25, -0.2) is 14.1 Å². The molecule has 2 aromatic heterocycles. The summed E-state index contributed by atoms with van der Waals surface area (Å²) in [5, 5.41) is 9.41. The van der Waals surface area contributed by atoms with E-state index in [0.29, 0.717) is 24.9 Å². The van der Waals surface area contributed by atoms with Crippen molar-refractivity contribution in [1.82, 2.24) is 25.1 Å². The van der Waals surface area contributed by atoms with Gasteiger partial charge in [-0.1, -0.05) is 6.07 Å². The van der Waals surface area contributed by atoms with E-state index in [0.717, 1.165) is 23.6 Å². The number of aromatic nitrogens is 4. The molecule has 0 aliphatic carbocycles. The number of benzene rings is 1. The molecular weight excluding hydrogens is 456 g/mol. The number of alkyl halides is 3. The van der Waals surface area contributed by atoms with Crippen molar-refractivity contribution in [3.63, 3.8) is 0 Å². The first-order chi connectivity index (χ1) is 14.8. The van der Waals surface area contributed by atoms with Gasteiger partial charge in [-0.15, -0.1) is 12.4 Å². The molecule has 4 rings (SSSR count). The minimum Gasteiger partial charge on any atom is -0.371 e. The Hall–Kier alpha value is -3.09. The highest BCUT2D eigenvalue weighted by Crippen LogP contribution is 2.27. The van der Waals surface area contributed by atoms with Crippen LogP contribution in [0.15, 0.2) is 43.0 Å². The van der Waals surface area contributed by atoms with Crippen LogP contribution in [0, 0.1) is 5.82 Å². The molecule has 1 aliphatic rings. The van der Waals surface area contributed by atoms with Crippen LogP contribution in [0.4, 0.5) is 23.2 Å². The lowest BCUT2D eigenvalue weighted by Crippen LogP contribution is -2.33. The van der Waals surface area contributed by atoms with E-state index in [4.69, 9.17) is 4.74 Å². The summed E-state index contributed by atoms with van der Waals surface area (Å²) in [4.78, 5) is 19.4. The number of anilines is 1. The molecule has 170 valence electrons. The van der Waals surface area contributed by atoms with E-state index in [2.05, 4.69) is 25.7 Å². The molecule has 3 aromatic rings. The lowest BCUT2D eigenvalue weighted by Gasteiger charge is -2.24. The average molecular weight is 473 g/mol. The van der Waals surface area contributed by atoms with Crippen molar-refractivity contribution >= 4 is 24.0 Å². The molecule has 0 bridgehead atoms. The molecule has 1 amide bonds. The first-order valence-electron chi connectivity index (χ1n) is 9.18. The highest BCUT2D eigenvalue weighted by Gasteiger charge is 2.33. The Morgan fingerprint density at radius 2 is 2.06 bits per heavy atom. The molecular formula is C19H17ClF4N6O2. The lowest BCUT2D eigenvalue weighted by molar-refractivity contribution is -0.141. The van der Waals surface area contributed by atoms with Crippen LogP contribution >= 0.6 is 12.4 Å². The number of halogens is 5. The van der Waals surface area contributed by atoms with Gasteiger partial charge < -0.3 is 15.4 Å². The van der Waals surface area contributed by atoms with Crippen LogP contribution < -0.4 is 10.6 Å². The van der Waals surface area contributed by atoms with E-state index >= 15 is 0 Å². The number of ether oxygens (including phenoxy) is 1. The van der Waals surface area contributed by atoms with Crippen molar-refractivity contribution in [3.8, 4) is 5.82 Å². The molecule has 0 unspecified atom stereocenters. The first kappa shape index (κ1) is 23.6. The maximum atomic E-state index is 14.5. The molecule has 32 heavy (non-hydrogen) atoms. The smallest absolute Gasteiger partial charge is 0.371 e. The van der Waals surface area contributed by atoms with E-state index in [1.807, 2.05) is 0 Å². The molecule has 13 heteroatoms. The van der Waals surface area contributed by atoms with E-state index in [9.17, 15) is 22.4 Å². The number of nitrogens with one attached hydrogen (secondary N) is 2. The Labute approximate surface area is 185 Å². The van der Waals surface area contributed by atoms with Gasteiger partial charge in [0.1, 0.15) is 5.82 Å². The second-order valence-electron chi connectivity index (χ2n) is 6.69. The minimum absolute atomic E-state index is 0. The predicted octanol–water partition coefficient (Wildman–Crippen LogP) is 3.16. The summed E-state index contributed by atoms with van der Waals surface area (Å²) in [7, 11) is 0. The zero-order valence-corrected chi connectivity index (χ0v) is 17.1. The minimum atomic E-state index is -4.67. The van der Waals surface area contributed by atoms with Gasteiger partial charge in [0.15, 0.2) is 11.5 Å². The molecule has 1 saturated heterocycles. The van der Waals surface area contributed by atoms with Crippen molar-refractivity contribution in [3.05, 3.63) is 65.6 Å². The quantitative estimate of drug-likeness (QED) is 0.567. The fraction of sp³-hybridized carbons (Fsp3) is 0.263. The molecule has 1 atom stereocenters. The maximum absolute atomic E-state index is 14.5. The molecule has 0 radical (unpaired) electrons. The highest BCUT2D eigenvalue weighted by molar-refractivity contribution is 6.04. The van der Waals surface area contributed by atoms with Gasteiger partial charge in [0, 0.05) is 19.3 Å². The largest absolute Gasteiger partial charge is 0.434 e. The van der Waals surface area contributed by atoms with Gasteiger partial charge in [-0.05, 0) is 17.7 Å². The maximum Gasteiger partial charge on any atom is 0.434 e. The summed E-state index contributed by atoms with van der Waals surface area (Å²) in [5.74, 6) is -1.55. The van der Waals surface area contributed by atoms with E-state index in [-0.39, 0.29) is 35.6 Å². The Balaban J connectivity index is 0.00000289. The Bertz CT molecular complexity index is 1100. The highest BCUT2D eigenvalue weighted by atomic mass is 35.5. The van der Waals surface area contributed by atoms with Crippen LogP contribution in [0.3, 0.4) is 0 Å². The third-order valence-electron chi connectivity index (χ3n) is 4.53. The topological polar surface area (TPSA) is 94.0 Å². The SMILES string of the molecule is Cl.O=C(Nc1ccc([C@H]2CNCCO2)cc1F)c1cnn(-c2cncc(C(F)(F)F)n2)c1. The fourth-order valence-electron chi connectivity index (χ4n) is 2.97. The predicted molar refractivity (Wildman–Crippen MR) is 107 cm³/mol. The number of amides is 1. The summed E-state index contributed by atoms with van der Waals surface area (Å²) >= 11 is 0. The number of carbonyl (C=O) groups excluding carboxylic acids is 1. The van der Waals surface area contributed by atoms with Gasteiger partial charge in [0.2, 0.25) is 0 Å². The zero-order chi connectivity index (χ0) is 22.0. The van der Waals surface area contributed by atoms with Crippen molar-refractivity contribution in [1.29, 1.82) is 0 Å². The molecule has 0 saturated carbocycles. The Kier molecular flexibility index (Phi) is 7.06. The van der Waals surface area contributed by atoms with Gasteiger partial charge in [0.25, 0.3) is 5.91 Å². The summed E-state index contributed by atoms with van der Waals surface area (Å²) in [5.41, 5.74) is -0.601. The molecule has 1 aromatic carbocycles. The number of nitrogens with zero attached hydrogens (tertiary/aromatic N) is 4. The average Bonchev–Trinajstić information content (AvgIpc) is 3.26. The number of carbonyl (C=O) groups is 1. The van der Waals surface area contributed by atoms with Crippen LogP contribution in [0.2, 0.25) is 0 Å². The van der Waals surface area contributed by atoms with Crippen LogP contribution in [0.1, 0.15) is 27.7 Å². The van der Waals surface area contributed by atoms with Gasteiger partial charge in [-0.2, -0.15) is 18.3 Å². The van der Waals surface area contributed by atoms with Crippen molar-refractivity contribution in [2.75, 3.05) is 25.0 Å². The van der Waals surface area contributed by atoms with Crippen molar-refractivity contribution < 1.29 is 27.1 Å². The van der Waals surface area contributed by atoms with Crippen LogP contribution in [-0.4, -0.2) is 45.4 Å². The van der Waals surface area contributed by atoms with Crippen LogP contribution in [-0.2, 0) is 10.9 Å². The third-order valence-corrected chi connectivity index (χ3v) is 4.53. The number of hydrogen-bond donors (Lipinski definition) is 2. The molecule has 1 aliphatic heterocycles. The second kappa shape index (κ2) is 9.59. The molecule has 3 heterocycles. The number of rotatable bonds is 4. The van der Waals surface area contributed by atoms with Crippen molar-refractivity contribution in [2.45, 2.75) is 12.3 Å². The second-order valence-corrected chi connectivity index (χ2v) is 6.69. The zero-order valence-electron chi connectivity index (χ0n) is 16.3. The van der Waals surface area contributed by atoms with E-state index in [1.165, 1.54) is 18.3 Å². The van der Waals surface area contributed by atoms with Gasteiger partial charge in [-0.3, -0.25) is 9.78 Å². The molecule has 1 fully saturated rings. The van der Waals surface area contributed by atoms with Gasteiger partial charge >= 0.3 is 6.18 Å². The third kappa shape index (κ3) is 5.21. The van der Waals surface area contributed by atoms with Crippen LogP contribution in [0.25, 0.3) is 5.82 Å². The molecule has 0 spiro atoms. The lowest BCUT2D eigenvalue weighted by atomic mass is 10.1. The number of morpholine rings is 1. The summed E-state index contributed by atoms with van der Waals surface area (Å²) < 4.78 is 59.4. The normalized spacial score (nSPS) is 16.3. The van der Waals surface area contributed by atoms with E-state index in [1.54, 1.807) is 6.07 Å². The molecule has 8 nitrogen and oxygen atoms in total. The van der Waals surface area contributed by atoms with Gasteiger partial charge in [0.05, 0.1) is 42.6 Å². The Morgan fingerprint density at radius 3 is 2.75 bits per heavy atom. The summed E-state index contributed by atoms with van der Waals surface area (Å²) in [6.07, 6.45) is -0.983. The monoisotopic (exact) mass is 472 g/mol. The summed E-state index contributed by atoms with van der Waals surface area (Å²) in [6, 6.07) is 4.36. The van der Waals surface area contributed by atoms with Crippen molar-refractivity contribution in [2.24, 2.45) is 0 Å². The van der Waals surface area contributed by atoms with E-state index < -0.39 is 23.6 Å². The Morgan fingerprint density at radius 1 is 1.25 bits per heavy atom. The van der Waals surface area contributed by atoms with Crippen LogP contribution in [0.5, 0.6) is 0 Å². The standard InChI is InChI=1S/C19H16F4N6O2.ClH/c20-13-5-11(15-7-24-3-4-31-15)1-2-14(13)27-18(30)12-6-26-29(10-12)17-9-25-8-16(28-17)19(21,22)23;/h1-2,5-6,8-10,15,24H,3-4,7H2,(H,27,30);1H/t15-;/m1./s1. The first-order valence-corrected chi connectivity index (χ1v) is 9.18. The summed E-state index contributed by atoms with van der Waals surface area (Å²) in [6.45, 7) is 1.81. The number of hydrogen-bond acceptors (Lipinski definition) is 6.